The van der Waals surface area contributed by atoms with Crippen molar-refractivity contribution in [2.45, 2.75) is 40.2 Å². The lowest BCUT2D eigenvalue weighted by Gasteiger charge is -2.30. The molecule has 114 valence electrons. The Morgan fingerprint density at radius 2 is 1.80 bits per heavy atom. The van der Waals surface area contributed by atoms with Crippen molar-refractivity contribution < 1.29 is 9.47 Å². The molecule has 0 saturated carbocycles. The second kappa shape index (κ2) is 6.81. The van der Waals surface area contributed by atoms with Gasteiger partial charge in [0.05, 0.1) is 18.2 Å². The van der Waals surface area contributed by atoms with Crippen LogP contribution in [0.1, 0.15) is 34.6 Å². The maximum atomic E-state index is 5.92. The lowest BCUT2D eigenvalue weighted by Crippen LogP contribution is -2.43. The van der Waals surface area contributed by atoms with Crippen LogP contribution in [0.15, 0.2) is 22.7 Å². The molecule has 4 heteroatoms. The van der Waals surface area contributed by atoms with Gasteiger partial charge in [0.15, 0.2) is 0 Å². The number of hydrogen-bond acceptors (Lipinski definition) is 3. The number of halogens is 1. The zero-order valence-corrected chi connectivity index (χ0v) is 14.9. The summed E-state index contributed by atoms with van der Waals surface area (Å²) in [7, 11) is 1.66. The Hall–Kier alpha value is -0.740. The van der Waals surface area contributed by atoms with E-state index in [-0.39, 0.29) is 11.0 Å². The van der Waals surface area contributed by atoms with Gasteiger partial charge in [-0.2, -0.15) is 0 Å². The van der Waals surface area contributed by atoms with Gasteiger partial charge in [0.2, 0.25) is 0 Å². The molecule has 1 aromatic carbocycles. The third kappa shape index (κ3) is 6.14. The van der Waals surface area contributed by atoms with Gasteiger partial charge < -0.3 is 14.8 Å². The minimum atomic E-state index is 0.0622. The normalized spacial score (nSPS) is 12.3. The molecule has 1 N–H and O–H groups in total. The largest absolute Gasteiger partial charge is 0.497 e. The van der Waals surface area contributed by atoms with E-state index in [9.17, 15) is 0 Å². The number of nitrogens with one attached hydrogen (secondary N) is 1. The molecule has 0 amide bonds. The predicted molar refractivity (Wildman–Crippen MR) is 87.7 cm³/mol. The van der Waals surface area contributed by atoms with Crippen molar-refractivity contribution in [1.29, 1.82) is 0 Å². The molecule has 0 aromatic heterocycles. The summed E-state index contributed by atoms with van der Waals surface area (Å²) in [5, 5.41) is 3.52. The SMILES string of the molecule is COc1ccc(OCC(C)(C)CNC(C)(C)C)c(Br)c1. The standard InChI is InChI=1S/C16H26BrNO2/c1-15(2,3)18-10-16(4,5)11-20-14-8-7-12(19-6)9-13(14)17/h7-9,18H,10-11H2,1-6H3. The molecule has 0 spiro atoms. The van der Waals surface area contributed by atoms with Gasteiger partial charge in [0, 0.05) is 17.5 Å². The summed E-state index contributed by atoms with van der Waals surface area (Å²) < 4.78 is 12.0. The maximum Gasteiger partial charge on any atom is 0.133 e. The quantitative estimate of drug-likeness (QED) is 0.837. The monoisotopic (exact) mass is 343 g/mol. The van der Waals surface area contributed by atoms with Crippen molar-refractivity contribution in [1.82, 2.24) is 5.32 Å². The zero-order chi connectivity index (χ0) is 15.4. The molecule has 20 heavy (non-hydrogen) atoms. The van der Waals surface area contributed by atoms with E-state index < -0.39 is 0 Å². The van der Waals surface area contributed by atoms with Gasteiger partial charge in [0.1, 0.15) is 11.5 Å². The first kappa shape index (κ1) is 17.3. The van der Waals surface area contributed by atoms with E-state index in [4.69, 9.17) is 9.47 Å². The minimum absolute atomic E-state index is 0.0622. The van der Waals surface area contributed by atoms with Crippen molar-refractivity contribution in [3.05, 3.63) is 22.7 Å². The number of ether oxygens (including phenoxy) is 2. The van der Waals surface area contributed by atoms with Gasteiger partial charge in [0.25, 0.3) is 0 Å². The maximum absolute atomic E-state index is 5.92. The zero-order valence-electron chi connectivity index (χ0n) is 13.3. The van der Waals surface area contributed by atoms with Crippen LogP contribution in [0, 0.1) is 5.41 Å². The average molecular weight is 344 g/mol. The number of hydrogen-bond donors (Lipinski definition) is 1. The number of methoxy groups -OCH3 is 1. The highest BCUT2D eigenvalue weighted by Crippen LogP contribution is 2.30. The lowest BCUT2D eigenvalue weighted by atomic mass is 9.93. The Bertz CT molecular complexity index is 439. The van der Waals surface area contributed by atoms with Gasteiger partial charge in [-0.25, -0.2) is 0 Å². The lowest BCUT2D eigenvalue weighted by molar-refractivity contribution is 0.165. The summed E-state index contributed by atoms with van der Waals surface area (Å²) in [4.78, 5) is 0. The van der Waals surface area contributed by atoms with Crippen LogP contribution >= 0.6 is 15.9 Å². The van der Waals surface area contributed by atoms with E-state index in [1.54, 1.807) is 7.11 Å². The molecule has 0 aliphatic rings. The third-order valence-electron chi connectivity index (χ3n) is 2.85. The van der Waals surface area contributed by atoms with Crippen LogP contribution in [0.5, 0.6) is 11.5 Å². The van der Waals surface area contributed by atoms with Crippen molar-refractivity contribution in [2.24, 2.45) is 5.41 Å². The molecular formula is C16H26BrNO2. The molecule has 0 saturated heterocycles. The van der Waals surface area contributed by atoms with Gasteiger partial charge >= 0.3 is 0 Å². The molecule has 0 fully saturated rings. The highest BCUT2D eigenvalue weighted by Gasteiger charge is 2.22. The third-order valence-corrected chi connectivity index (χ3v) is 3.47. The molecule has 1 aromatic rings. The van der Waals surface area contributed by atoms with E-state index in [2.05, 4.69) is 55.9 Å². The van der Waals surface area contributed by atoms with Crippen molar-refractivity contribution in [3.8, 4) is 11.5 Å². The smallest absolute Gasteiger partial charge is 0.133 e. The number of rotatable bonds is 6. The topological polar surface area (TPSA) is 30.5 Å². The summed E-state index contributed by atoms with van der Waals surface area (Å²) in [5.41, 5.74) is 0.185. The van der Waals surface area contributed by atoms with Crippen molar-refractivity contribution in [2.75, 3.05) is 20.3 Å². The van der Waals surface area contributed by atoms with Crippen LogP contribution in [0.2, 0.25) is 0 Å². The van der Waals surface area contributed by atoms with Crippen LogP contribution in [-0.2, 0) is 0 Å². The molecule has 0 atom stereocenters. The molecule has 0 aliphatic heterocycles. The molecule has 3 nitrogen and oxygen atoms in total. The molecule has 0 aliphatic carbocycles. The van der Waals surface area contributed by atoms with Gasteiger partial charge in [-0.3, -0.25) is 0 Å². The second-order valence-corrected chi connectivity index (χ2v) is 7.71. The van der Waals surface area contributed by atoms with Crippen LogP contribution in [0.3, 0.4) is 0 Å². The first-order chi connectivity index (χ1) is 9.13. The highest BCUT2D eigenvalue weighted by atomic mass is 79.9. The van der Waals surface area contributed by atoms with Crippen LogP contribution < -0.4 is 14.8 Å². The molecule has 0 heterocycles. The summed E-state index contributed by atoms with van der Waals surface area (Å²) in [6, 6.07) is 5.74. The highest BCUT2D eigenvalue weighted by molar-refractivity contribution is 9.10. The molecule has 0 unspecified atom stereocenters. The summed E-state index contributed by atoms with van der Waals surface area (Å²) in [6.07, 6.45) is 0. The fourth-order valence-corrected chi connectivity index (χ4v) is 2.03. The first-order valence-corrected chi connectivity index (χ1v) is 7.64. The van der Waals surface area contributed by atoms with E-state index in [0.29, 0.717) is 6.61 Å². The van der Waals surface area contributed by atoms with Crippen molar-refractivity contribution in [3.63, 3.8) is 0 Å². The summed E-state index contributed by atoms with van der Waals surface area (Å²) in [5.74, 6) is 1.66. The summed E-state index contributed by atoms with van der Waals surface area (Å²) >= 11 is 3.51. The van der Waals surface area contributed by atoms with Crippen molar-refractivity contribution >= 4 is 15.9 Å². The fraction of sp³-hybridized carbons (Fsp3) is 0.625. The predicted octanol–water partition coefficient (Wildman–Crippen LogP) is 4.25. The molecule has 1 rings (SSSR count). The van der Waals surface area contributed by atoms with Gasteiger partial charge in [-0.05, 0) is 54.9 Å². The first-order valence-electron chi connectivity index (χ1n) is 6.84. The molecule has 0 bridgehead atoms. The second-order valence-electron chi connectivity index (χ2n) is 6.85. The van der Waals surface area contributed by atoms with Crippen LogP contribution in [-0.4, -0.2) is 25.8 Å². The Morgan fingerprint density at radius 1 is 1.15 bits per heavy atom. The average Bonchev–Trinajstić information content (AvgIpc) is 2.34. The van der Waals surface area contributed by atoms with E-state index in [1.165, 1.54) is 0 Å². The van der Waals surface area contributed by atoms with Crippen LogP contribution in [0.25, 0.3) is 0 Å². The molecule has 0 radical (unpaired) electrons. The van der Waals surface area contributed by atoms with E-state index in [0.717, 1.165) is 22.5 Å². The Morgan fingerprint density at radius 3 is 2.30 bits per heavy atom. The Labute approximate surface area is 131 Å². The van der Waals surface area contributed by atoms with Gasteiger partial charge in [-0.1, -0.05) is 13.8 Å². The van der Waals surface area contributed by atoms with Gasteiger partial charge in [-0.15, -0.1) is 0 Å². The fourth-order valence-electron chi connectivity index (χ4n) is 1.55. The van der Waals surface area contributed by atoms with E-state index >= 15 is 0 Å². The van der Waals surface area contributed by atoms with Crippen LogP contribution in [0.4, 0.5) is 0 Å². The molecular weight excluding hydrogens is 318 g/mol. The Balaban J connectivity index is 2.57. The Kier molecular flexibility index (Phi) is 5.90. The summed E-state index contributed by atoms with van der Waals surface area (Å²) in [6.45, 7) is 12.5. The number of benzene rings is 1. The minimum Gasteiger partial charge on any atom is -0.497 e. The van der Waals surface area contributed by atoms with E-state index in [1.807, 2.05) is 18.2 Å².